The average molecular weight is 269 g/mol. The van der Waals surface area contributed by atoms with Crippen molar-refractivity contribution in [2.45, 2.75) is 6.54 Å². The molecule has 3 aromatic rings. The fraction of sp³-hybridized carbons (Fsp3) is 0.0588. The number of nitrogens with one attached hydrogen (secondary N) is 1. The van der Waals surface area contributed by atoms with E-state index in [0.717, 1.165) is 22.5 Å². The summed E-state index contributed by atoms with van der Waals surface area (Å²) in [5, 5.41) is 5.43. The minimum Gasteiger partial charge on any atom is -0.381 e. The molecular formula is C17H13F2N. The van der Waals surface area contributed by atoms with Gasteiger partial charge in [-0.15, -0.1) is 0 Å². The van der Waals surface area contributed by atoms with E-state index in [4.69, 9.17) is 0 Å². The summed E-state index contributed by atoms with van der Waals surface area (Å²) >= 11 is 0. The van der Waals surface area contributed by atoms with Crippen molar-refractivity contribution in [3.8, 4) is 0 Å². The second-order valence-electron chi connectivity index (χ2n) is 4.65. The molecule has 0 fully saturated rings. The van der Waals surface area contributed by atoms with Crippen molar-refractivity contribution in [2.24, 2.45) is 0 Å². The zero-order valence-electron chi connectivity index (χ0n) is 10.7. The average Bonchev–Trinajstić information content (AvgIpc) is 2.46. The van der Waals surface area contributed by atoms with Crippen LogP contribution < -0.4 is 5.32 Å². The van der Waals surface area contributed by atoms with Crippen molar-refractivity contribution in [2.75, 3.05) is 5.32 Å². The first-order chi connectivity index (χ1) is 9.72. The third-order valence-electron chi connectivity index (χ3n) is 3.25. The van der Waals surface area contributed by atoms with E-state index in [1.165, 1.54) is 12.1 Å². The van der Waals surface area contributed by atoms with Gasteiger partial charge in [0.15, 0.2) is 0 Å². The first kappa shape index (κ1) is 12.6. The summed E-state index contributed by atoms with van der Waals surface area (Å²) in [5.74, 6) is -1.09. The predicted molar refractivity (Wildman–Crippen MR) is 77.6 cm³/mol. The largest absolute Gasteiger partial charge is 0.381 e. The van der Waals surface area contributed by atoms with Gasteiger partial charge in [0.05, 0.1) is 0 Å². The van der Waals surface area contributed by atoms with Gasteiger partial charge in [0.1, 0.15) is 11.6 Å². The zero-order valence-corrected chi connectivity index (χ0v) is 10.7. The molecule has 3 heteroatoms. The molecule has 0 spiro atoms. The van der Waals surface area contributed by atoms with Gasteiger partial charge in [-0.05, 0) is 29.0 Å². The molecule has 0 saturated carbocycles. The summed E-state index contributed by atoms with van der Waals surface area (Å²) in [5.41, 5.74) is 1.35. The van der Waals surface area contributed by atoms with Gasteiger partial charge in [0.25, 0.3) is 0 Å². The van der Waals surface area contributed by atoms with Crippen molar-refractivity contribution in [1.29, 1.82) is 0 Å². The third-order valence-corrected chi connectivity index (χ3v) is 3.25. The maximum absolute atomic E-state index is 13.5. The highest BCUT2D eigenvalue weighted by Crippen LogP contribution is 2.20. The SMILES string of the molecule is Fc1ccc(CNc2ccc3ccccc3c2)c(F)c1. The Bertz CT molecular complexity index is 753. The Morgan fingerprint density at radius 1 is 0.800 bits per heavy atom. The fourth-order valence-corrected chi connectivity index (χ4v) is 2.16. The Morgan fingerprint density at radius 3 is 2.40 bits per heavy atom. The molecule has 0 aliphatic carbocycles. The van der Waals surface area contributed by atoms with Crippen LogP contribution in [0.5, 0.6) is 0 Å². The van der Waals surface area contributed by atoms with Gasteiger partial charge in [-0.25, -0.2) is 8.78 Å². The van der Waals surface area contributed by atoms with Crippen LogP contribution in [0.25, 0.3) is 10.8 Å². The highest BCUT2D eigenvalue weighted by atomic mass is 19.1. The maximum atomic E-state index is 13.5. The molecule has 0 amide bonds. The molecule has 1 nitrogen and oxygen atoms in total. The lowest BCUT2D eigenvalue weighted by Gasteiger charge is -2.08. The normalized spacial score (nSPS) is 10.7. The summed E-state index contributed by atoms with van der Waals surface area (Å²) in [6.07, 6.45) is 0. The van der Waals surface area contributed by atoms with Crippen LogP contribution in [0.2, 0.25) is 0 Å². The smallest absolute Gasteiger partial charge is 0.131 e. The van der Waals surface area contributed by atoms with Gasteiger partial charge in [0, 0.05) is 23.9 Å². The predicted octanol–water partition coefficient (Wildman–Crippen LogP) is 4.73. The van der Waals surface area contributed by atoms with Gasteiger partial charge >= 0.3 is 0 Å². The van der Waals surface area contributed by atoms with Gasteiger partial charge in [-0.1, -0.05) is 36.4 Å². The molecule has 0 aliphatic heterocycles. The molecule has 0 radical (unpaired) electrons. The topological polar surface area (TPSA) is 12.0 Å². The summed E-state index contributed by atoms with van der Waals surface area (Å²) in [6.45, 7) is 0.324. The second-order valence-corrected chi connectivity index (χ2v) is 4.65. The van der Waals surface area contributed by atoms with E-state index in [1.54, 1.807) is 0 Å². The summed E-state index contributed by atoms with van der Waals surface area (Å²) < 4.78 is 26.4. The molecule has 20 heavy (non-hydrogen) atoms. The third kappa shape index (κ3) is 2.62. The number of fused-ring (bicyclic) bond motifs is 1. The molecule has 100 valence electrons. The minimum absolute atomic E-state index is 0.324. The molecule has 1 N–H and O–H groups in total. The van der Waals surface area contributed by atoms with Crippen LogP contribution in [-0.2, 0) is 6.54 Å². The molecule has 0 aromatic heterocycles. The maximum Gasteiger partial charge on any atom is 0.131 e. The Labute approximate surface area is 115 Å². The molecule has 0 unspecified atom stereocenters. The van der Waals surface area contributed by atoms with Crippen LogP contribution in [-0.4, -0.2) is 0 Å². The van der Waals surface area contributed by atoms with Crippen molar-refractivity contribution in [3.05, 3.63) is 77.9 Å². The molecule has 0 atom stereocenters. The molecule has 3 rings (SSSR count). The first-order valence-electron chi connectivity index (χ1n) is 6.39. The van der Waals surface area contributed by atoms with Gasteiger partial charge in [0.2, 0.25) is 0 Å². The quantitative estimate of drug-likeness (QED) is 0.724. The van der Waals surface area contributed by atoms with E-state index in [2.05, 4.69) is 5.32 Å². The highest BCUT2D eigenvalue weighted by molar-refractivity contribution is 5.85. The molecular weight excluding hydrogens is 256 g/mol. The number of rotatable bonds is 3. The van der Waals surface area contributed by atoms with E-state index in [-0.39, 0.29) is 0 Å². The van der Waals surface area contributed by atoms with Crippen molar-refractivity contribution in [1.82, 2.24) is 0 Å². The van der Waals surface area contributed by atoms with E-state index in [1.807, 2.05) is 42.5 Å². The van der Waals surface area contributed by atoms with Crippen LogP contribution in [0, 0.1) is 11.6 Å². The Kier molecular flexibility index (Phi) is 3.33. The lowest BCUT2D eigenvalue weighted by molar-refractivity contribution is 0.574. The van der Waals surface area contributed by atoms with Crippen molar-refractivity contribution in [3.63, 3.8) is 0 Å². The van der Waals surface area contributed by atoms with Gasteiger partial charge in [-0.2, -0.15) is 0 Å². The second kappa shape index (κ2) is 5.29. The van der Waals surface area contributed by atoms with Crippen LogP contribution in [0.1, 0.15) is 5.56 Å². The fourth-order valence-electron chi connectivity index (χ4n) is 2.16. The number of anilines is 1. The summed E-state index contributed by atoms with van der Waals surface area (Å²) in [7, 11) is 0. The monoisotopic (exact) mass is 269 g/mol. The molecule has 3 aromatic carbocycles. The Morgan fingerprint density at radius 2 is 1.60 bits per heavy atom. The van der Waals surface area contributed by atoms with E-state index >= 15 is 0 Å². The van der Waals surface area contributed by atoms with Gasteiger partial charge < -0.3 is 5.32 Å². The van der Waals surface area contributed by atoms with Crippen LogP contribution in [0.15, 0.2) is 60.7 Å². The Hall–Kier alpha value is -2.42. The standard InChI is InChI=1S/C17H13F2N/c18-15-7-5-14(17(19)10-15)11-20-16-8-6-12-3-1-2-4-13(12)9-16/h1-10,20H,11H2. The van der Waals surface area contributed by atoms with Crippen LogP contribution in [0.3, 0.4) is 0 Å². The number of hydrogen-bond acceptors (Lipinski definition) is 1. The van der Waals surface area contributed by atoms with Crippen LogP contribution >= 0.6 is 0 Å². The first-order valence-corrected chi connectivity index (χ1v) is 6.39. The number of halogens is 2. The van der Waals surface area contributed by atoms with E-state index < -0.39 is 11.6 Å². The molecule has 0 heterocycles. The molecule has 0 bridgehead atoms. The zero-order chi connectivity index (χ0) is 13.9. The van der Waals surface area contributed by atoms with Gasteiger partial charge in [-0.3, -0.25) is 0 Å². The summed E-state index contributed by atoms with van der Waals surface area (Å²) in [4.78, 5) is 0. The highest BCUT2D eigenvalue weighted by Gasteiger charge is 2.03. The van der Waals surface area contributed by atoms with E-state index in [0.29, 0.717) is 12.1 Å². The molecule has 0 aliphatic rings. The summed E-state index contributed by atoms with van der Waals surface area (Å²) in [6, 6.07) is 17.6. The lowest BCUT2D eigenvalue weighted by atomic mass is 10.1. The number of hydrogen-bond donors (Lipinski definition) is 1. The molecule has 0 saturated heterocycles. The Balaban J connectivity index is 1.79. The minimum atomic E-state index is -0.558. The van der Waals surface area contributed by atoms with Crippen molar-refractivity contribution >= 4 is 16.5 Å². The van der Waals surface area contributed by atoms with Crippen molar-refractivity contribution < 1.29 is 8.78 Å². The van der Waals surface area contributed by atoms with Crippen LogP contribution in [0.4, 0.5) is 14.5 Å². The number of benzene rings is 3. The lowest BCUT2D eigenvalue weighted by Crippen LogP contribution is -2.02. The van der Waals surface area contributed by atoms with E-state index in [9.17, 15) is 8.78 Å².